The number of thiophene rings is 1. The quantitative estimate of drug-likeness (QED) is 0.760. The summed E-state index contributed by atoms with van der Waals surface area (Å²) in [6.45, 7) is 1.81. The Bertz CT molecular complexity index is 305. The zero-order valence-corrected chi connectivity index (χ0v) is 11.8. The third-order valence-corrected chi connectivity index (χ3v) is 5.53. The van der Waals surface area contributed by atoms with Crippen LogP contribution < -0.4 is 0 Å². The van der Waals surface area contributed by atoms with E-state index in [4.69, 9.17) is 4.74 Å². The van der Waals surface area contributed by atoms with Crippen LogP contribution >= 0.6 is 43.2 Å². The van der Waals surface area contributed by atoms with Crippen LogP contribution in [0.25, 0.3) is 0 Å². The van der Waals surface area contributed by atoms with E-state index < -0.39 is 0 Å². The second-order valence-corrected chi connectivity index (χ2v) is 6.32. The Hall–Kier alpha value is 0.620. The van der Waals surface area contributed by atoms with Crippen molar-refractivity contribution in [2.24, 2.45) is 5.41 Å². The first-order valence-electron chi connectivity index (χ1n) is 4.61. The van der Waals surface area contributed by atoms with Gasteiger partial charge in [0.2, 0.25) is 0 Å². The Morgan fingerprint density at radius 2 is 2.43 bits per heavy atom. The molecule has 0 spiro atoms. The Morgan fingerprint density at radius 1 is 1.57 bits per heavy atom. The molecule has 1 fully saturated rings. The van der Waals surface area contributed by atoms with E-state index in [1.165, 1.54) is 15.8 Å². The molecule has 2 heterocycles. The van der Waals surface area contributed by atoms with E-state index in [1.54, 1.807) is 0 Å². The van der Waals surface area contributed by atoms with E-state index in [9.17, 15) is 0 Å². The minimum absolute atomic E-state index is 0.338. The van der Waals surface area contributed by atoms with Crippen molar-refractivity contribution in [2.75, 3.05) is 18.5 Å². The van der Waals surface area contributed by atoms with Crippen LogP contribution in [-0.4, -0.2) is 18.5 Å². The standard InChI is InChI=1S/C10H12Br2OS/c11-6-10(1-2-13-7-10)4-9-3-8(12)5-14-9/h3,5H,1-2,4,6-7H2. The predicted molar refractivity (Wildman–Crippen MR) is 67.4 cm³/mol. The van der Waals surface area contributed by atoms with Gasteiger partial charge in [0, 0.05) is 32.1 Å². The van der Waals surface area contributed by atoms with E-state index in [0.717, 1.165) is 25.0 Å². The zero-order valence-electron chi connectivity index (χ0n) is 7.76. The lowest BCUT2D eigenvalue weighted by atomic mass is 9.86. The molecule has 0 aromatic carbocycles. The Kier molecular flexibility index (Phi) is 3.68. The molecule has 0 aliphatic carbocycles. The highest BCUT2D eigenvalue weighted by molar-refractivity contribution is 9.10. The molecule has 78 valence electrons. The van der Waals surface area contributed by atoms with E-state index >= 15 is 0 Å². The molecule has 0 bridgehead atoms. The van der Waals surface area contributed by atoms with Crippen LogP contribution in [0, 0.1) is 5.41 Å². The van der Waals surface area contributed by atoms with Crippen LogP contribution in [0.4, 0.5) is 0 Å². The minimum atomic E-state index is 0.338. The smallest absolute Gasteiger partial charge is 0.0534 e. The van der Waals surface area contributed by atoms with Gasteiger partial charge in [-0.15, -0.1) is 11.3 Å². The maximum absolute atomic E-state index is 5.49. The van der Waals surface area contributed by atoms with E-state index in [2.05, 4.69) is 43.3 Å². The summed E-state index contributed by atoms with van der Waals surface area (Å²) in [5.74, 6) is 0. The van der Waals surface area contributed by atoms with Gasteiger partial charge in [-0.3, -0.25) is 0 Å². The topological polar surface area (TPSA) is 9.23 Å². The van der Waals surface area contributed by atoms with Gasteiger partial charge in [0.25, 0.3) is 0 Å². The van der Waals surface area contributed by atoms with E-state index in [-0.39, 0.29) is 0 Å². The third kappa shape index (κ3) is 2.40. The summed E-state index contributed by atoms with van der Waals surface area (Å²) in [7, 11) is 0. The maximum Gasteiger partial charge on any atom is 0.0534 e. The number of rotatable bonds is 3. The molecule has 1 aromatic rings. The van der Waals surface area contributed by atoms with Gasteiger partial charge in [0.05, 0.1) is 6.61 Å². The average molecular weight is 340 g/mol. The lowest BCUT2D eigenvalue weighted by Crippen LogP contribution is -2.25. The summed E-state index contributed by atoms with van der Waals surface area (Å²) in [4.78, 5) is 1.45. The van der Waals surface area contributed by atoms with E-state index in [1.807, 2.05) is 11.3 Å². The number of hydrogen-bond donors (Lipinski definition) is 0. The summed E-state index contributed by atoms with van der Waals surface area (Å²) in [6.07, 6.45) is 2.31. The number of alkyl halides is 1. The molecule has 0 N–H and O–H groups in total. The van der Waals surface area contributed by atoms with Crippen molar-refractivity contribution in [1.29, 1.82) is 0 Å². The van der Waals surface area contributed by atoms with Gasteiger partial charge in [-0.05, 0) is 34.8 Å². The Balaban J connectivity index is 2.08. The lowest BCUT2D eigenvalue weighted by Gasteiger charge is -2.23. The van der Waals surface area contributed by atoms with Crippen molar-refractivity contribution in [2.45, 2.75) is 12.8 Å². The largest absolute Gasteiger partial charge is 0.381 e. The number of halogens is 2. The van der Waals surface area contributed by atoms with Crippen molar-refractivity contribution < 1.29 is 4.74 Å². The lowest BCUT2D eigenvalue weighted by molar-refractivity contribution is 0.162. The van der Waals surface area contributed by atoms with Gasteiger partial charge < -0.3 is 4.74 Å². The molecule has 1 saturated heterocycles. The van der Waals surface area contributed by atoms with Crippen molar-refractivity contribution in [3.63, 3.8) is 0 Å². The molecule has 4 heteroatoms. The normalized spacial score (nSPS) is 27.0. The van der Waals surface area contributed by atoms with Gasteiger partial charge in [0.15, 0.2) is 0 Å². The molecule has 1 nitrogen and oxygen atoms in total. The first-order valence-corrected chi connectivity index (χ1v) is 7.40. The number of hydrogen-bond acceptors (Lipinski definition) is 2. The predicted octanol–water partition coefficient (Wildman–Crippen LogP) is 3.85. The monoisotopic (exact) mass is 338 g/mol. The highest BCUT2D eigenvalue weighted by Gasteiger charge is 2.34. The molecule has 1 aromatic heterocycles. The van der Waals surface area contributed by atoms with Crippen molar-refractivity contribution >= 4 is 43.2 Å². The van der Waals surface area contributed by atoms with Crippen LogP contribution in [0.15, 0.2) is 15.9 Å². The second-order valence-electron chi connectivity index (χ2n) is 3.84. The van der Waals surface area contributed by atoms with Crippen LogP contribution in [0.1, 0.15) is 11.3 Å². The second kappa shape index (κ2) is 4.64. The molecular formula is C10H12Br2OS. The fourth-order valence-corrected chi connectivity index (χ4v) is 4.02. The first-order chi connectivity index (χ1) is 6.74. The van der Waals surface area contributed by atoms with E-state index in [0.29, 0.717) is 5.41 Å². The molecular weight excluding hydrogens is 328 g/mol. The highest BCUT2D eigenvalue weighted by Crippen LogP contribution is 2.36. The summed E-state index contributed by atoms with van der Waals surface area (Å²) in [6, 6.07) is 2.22. The highest BCUT2D eigenvalue weighted by atomic mass is 79.9. The molecule has 1 unspecified atom stereocenters. The number of ether oxygens (including phenoxy) is 1. The van der Waals surface area contributed by atoms with Gasteiger partial charge in [-0.1, -0.05) is 15.9 Å². The van der Waals surface area contributed by atoms with Gasteiger partial charge in [-0.25, -0.2) is 0 Å². The Labute approximate surface area is 105 Å². The minimum Gasteiger partial charge on any atom is -0.381 e. The molecule has 1 atom stereocenters. The van der Waals surface area contributed by atoms with Crippen LogP contribution in [-0.2, 0) is 11.2 Å². The van der Waals surface area contributed by atoms with Crippen molar-refractivity contribution in [3.05, 3.63) is 20.8 Å². The van der Waals surface area contributed by atoms with Gasteiger partial charge >= 0.3 is 0 Å². The Morgan fingerprint density at radius 3 is 2.93 bits per heavy atom. The molecule has 0 radical (unpaired) electrons. The zero-order chi connectivity index (χ0) is 10.0. The summed E-state index contributed by atoms with van der Waals surface area (Å²) >= 11 is 8.93. The maximum atomic E-state index is 5.49. The average Bonchev–Trinajstić information content (AvgIpc) is 2.77. The molecule has 0 saturated carbocycles. The van der Waals surface area contributed by atoms with Crippen LogP contribution in [0.3, 0.4) is 0 Å². The first kappa shape index (κ1) is 11.1. The summed E-state index contributed by atoms with van der Waals surface area (Å²) < 4.78 is 6.69. The van der Waals surface area contributed by atoms with Crippen molar-refractivity contribution in [3.8, 4) is 0 Å². The molecule has 14 heavy (non-hydrogen) atoms. The summed E-state index contributed by atoms with van der Waals surface area (Å²) in [5.41, 5.74) is 0.338. The van der Waals surface area contributed by atoms with Gasteiger partial charge in [0.1, 0.15) is 0 Å². The van der Waals surface area contributed by atoms with Gasteiger partial charge in [-0.2, -0.15) is 0 Å². The summed E-state index contributed by atoms with van der Waals surface area (Å²) in [5, 5.41) is 3.18. The molecule has 1 aliphatic heterocycles. The van der Waals surface area contributed by atoms with Crippen molar-refractivity contribution in [1.82, 2.24) is 0 Å². The SMILES string of the molecule is BrCC1(Cc2cc(Br)cs2)CCOC1. The molecule has 2 rings (SSSR count). The fourth-order valence-electron chi connectivity index (χ4n) is 1.76. The molecule has 0 amide bonds. The molecule has 1 aliphatic rings. The third-order valence-electron chi connectivity index (χ3n) is 2.64. The van der Waals surface area contributed by atoms with Crippen LogP contribution in [0.5, 0.6) is 0 Å². The van der Waals surface area contributed by atoms with Crippen LogP contribution in [0.2, 0.25) is 0 Å². The fraction of sp³-hybridized carbons (Fsp3) is 0.600.